The normalized spacial score (nSPS) is 14.4. The van der Waals surface area contributed by atoms with Gasteiger partial charge in [0.05, 0.1) is 0 Å². The van der Waals surface area contributed by atoms with Crippen molar-refractivity contribution in [3.63, 3.8) is 0 Å². The fourth-order valence-corrected chi connectivity index (χ4v) is 2.72. The predicted octanol–water partition coefficient (Wildman–Crippen LogP) is 2.12. The third kappa shape index (κ3) is 6.61. The summed E-state index contributed by atoms with van der Waals surface area (Å²) in [4.78, 5) is 11.4. The molecule has 1 atom stereocenters. The Bertz CT molecular complexity index is 226. The number of aliphatic hydroxyl groups excluding tert-OH is 1. The maximum absolute atomic E-state index is 11.4. The van der Waals surface area contributed by atoms with Crippen molar-refractivity contribution in [3.8, 4) is 0 Å². The van der Waals surface area contributed by atoms with Gasteiger partial charge in [-0.1, -0.05) is 13.8 Å². The molecule has 4 nitrogen and oxygen atoms in total. The fraction of sp³-hybridized carbons (Fsp3) is 0.923. The average Bonchev–Trinajstić information content (AvgIpc) is 2.37. The molecule has 0 saturated carbocycles. The molecule has 108 valence electrons. The molecular weight excluding hydrogens is 250 g/mol. The van der Waals surface area contributed by atoms with Crippen LogP contribution in [-0.4, -0.2) is 46.4 Å². The Morgan fingerprint density at radius 3 is 2.44 bits per heavy atom. The number of carboxylic acid groups (broad SMARTS) is 1. The molecule has 0 aromatic rings. The molecule has 5 heteroatoms. The topological polar surface area (TPSA) is 69.6 Å². The van der Waals surface area contributed by atoms with Crippen molar-refractivity contribution in [1.82, 2.24) is 5.32 Å². The number of carboxylic acids is 1. The SMILES string of the molecule is CCCNC(CC)(CCCSCCCO)C(=O)O. The highest BCUT2D eigenvalue weighted by Crippen LogP contribution is 2.20. The number of nitrogens with one attached hydrogen (secondary N) is 1. The van der Waals surface area contributed by atoms with Crippen LogP contribution in [0.5, 0.6) is 0 Å². The van der Waals surface area contributed by atoms with E-state index in [2.05, 4.69) is 5.32 Å². The van der Waals surface area contributed by atoms with Gasteiger partial charge in [0.25, 0.3) is 0 Å². The van der Waals surface area contributed by atoms with E-state index in [4.69, 9.17) is 5.11 Å². The first-order chi connectivity index (χ1) is 8.63. The second-order valence-electron chi connectivity index (χ2n) is 4.46. The molecule has 0 spiro atoms. The van der Waals surface area contributed by atoms with E-state index in [1.54, 1.807) is 11.8 Å². The van der Waals surface area contributed by atoms with Crippen LogP contribution in [0, 0.1) is 0 Å². The third-order valence-corrected chi connectivity index (χ3v) is 4.22. The van der Waals surface area contributed by atoms with Crippen LogP contribution in [0.1, 0.15) is 46.0 Å². The van der Waals surface area contributed by atoms with E-state index in [1.807, 2.05) is 13.8 Å². The van der Waals surface area contributed by atoms with E-state index in [-0.39, 0.29) is 6.61 Å². The van der Waals surface area contributed by atoms with Gasteiger partial charge in [-0.05, 0) is 50.2 Å². The summed E-state index contributed by atoms with van der Waals surface area (Å²) in [6, 6.07) is 0. The smallest absolute Gasteiger partial charge is 0.323 e. The summed E-state index contributed by atoms with van der Waals surface area (Å²) in [6.07, 6.45) is 3.94. The van der Waals surface area contributed by atoms with Crippen molar-refractivity contribution in [2.24, 2.45) is 0 Å². The minimum Gasteiger partial charge on any atom is -0.480 e. The number of rotatable bonds is 12. The van der Waals surface area contributed by atoms with E-state index in [9.17, 15) is 9.90 Å². The molecule has 0 aliphatic rings. The van der Waals surface area contributed by atoms with Crippen LogP contribution in [0.25, 0.3) is 0 Å². The molecule has 0 amide bonds. The van der Waals surface area contributed by atoms with Crippen molar-refractivity contribution in [2.75, 3.05) is 24.7 Å². The van der Waals surface area contributed by atoms with Gasteiger partial charge in [0, 0.05) is 6.61 Å². The minimum absolute atomic E-state index is 0.235. The van der Waals surface area contributed by atoms with Gasteiger partial charge < -0.3 is 15.5 Å². The Balaban J connectivity index is 4.04. The zero-order chi connectivity index (χ0) is 13.9. The van der Waals surface area contributed by atoms with Crippen LogP contribution in [0.3, 0.4) is 0 Å². The molecule has 0 aromatic carbocycles. The monoisotopic (exact) mass is 277 g/mol. The van der Waals surface area contributed by atoms with E-state index < -0.39 is 11.5 Å². The summed E-state index contributed by atoms with van der Waals surface area (Å²) in [7, 11) is 0. The zero-order valence-corrected chi connectivity index (χ0v) is 12.4. The van der Waals surface area contributed by atoms with Crippen LogP contribution in [0.2, 0.25) is 0 Å². The second-order valence-corrected chi connectivity index (χ2v) is 5.69. The summed E-state index contributed by atoms with van der Waals surface area (Å²) in [5, 5.41) is 21.2. The molecule has 0 bridgehead atoms. The third-order valence-electron chi connectivity index (χ3n) is 3.07. The van der Waals surface area contributed by atoms with E-state index in [0.717, 1.165) is 37.3 Å². The number of hydrogen-bond acceptors (Lipinski definition) is 4. The van der Waals surface area contributed by atoms with E-state index >= 15 is 0 Å². The fourth-order valence-electron chi connectivity index (χ4n) is 1.83. The Morgan fingerprint density at radius 1 is 1.28 bits per heavy atom. The van der Waals surface area contributed by atoms with Crippen LogP contribution in [0.4, 0.5) is 0 Å². The largest absolute Gasteiger partial charge is 0.480 e. The highest BCUT2D eigenvalue weighted by Gasteiger charge is 2.34. The Kier molecular flexibility index (Phi) is 10.5. The zero-order valence-electron chi connectivity index (χ0n) is 11.6. The molecular formula is C13H27NO3S. The minimum atomic E-state index is -0.756. The molecule has 0 aromatic heterocycles. The van der Waals surface area contributed by atoms with Crippen molar-refractivity contribution in [1.29, 1.82) is 0 Å². The standard InChI is InChI=1S/C13H27NO3S/c1-3-8-14-13(4-2,12(16)17)7-5-10-18-11-6-9-15/h14-15H,3-11H2,1-2H3,(H,16,17). The lowest BCUT2D eigenvalue weighted by atomic mass is 9.90. The number of carbonyl (C=O) groups is 1. The molecule has 0 heterocycles. The quantitative estimate of drug-likeness (QED) is 0.477. The van der Waals surface area contributed by atoms with Gasteiger partial charge in [0.1, 0.15) is 5.54 Å². The van der Waals surface area contributed by atoms with Crippen LogP contribution in [0.15, 0.2) is 0 Å². The first-order valence-electron chi connectivity index (χ1n) is 6.80. The lowest BCUT2D eigenvalue weighted by Crippen LogP contribution is -2.52. The van der Waals surface area contributed by atoms with Crippen molar-refractivity contribution >= 4 is 17.7 Å². The molecule has 0 fully saturated rings. The molecule has 0 radical (unpaired) electrons. The highest BCUT2D eigenvalue weighted by molar-refractivity contribution is 7.99. The summed E-state index contributed by atoms with van der Waals surface area (Å²) in [5.41, 5.74) is -0.756. The van der Waals surface area contributed by atoms with Gasteiger partial charge in [0.15, 0.2) is 0 Å². The molecule has 0 saturated heterocycles. The lowest BCUT2D eigenvalue weighted by molar-refractivity contribution is -0.145. The van der Waals surface area contributed by atoms with Crippen molar-refractivity contribution in [3.05, 3.63) is 0 Å². The first kappa shape index (κ1) is 17.7. The number of hydrogen-bond donors (Lipinski definition) is 3. The van der Waals surface area contributed by atoms with E-state index in [1.165, 1.54) is 0 Å². The molecule has 0 aliphatic carbocycles. The number of aliphatic carboxylic acids is 1. The number of thioether (sulfide) groups is 1. The van der Waals surface area contributed by atoms with Gasteiger partial charge in [-0.15, -0.1) is 0 Å². The molecule has 0 aliphatic heterocycles. The van der Waals surface area contributed by atoms with Crippen molar-refractivity contribution in [2.45, 2.75) is 51.5 Å². The molecule has 0 rings (SSSR count). The van der Waals surface area contributed by atoms with Gasteiger partial charge in [0.2, 0.25) is 0 Å². The van der Waals surface area contributed by atoms with Gasteiger partial charge in [-0.2, -0.15) is 11.8 Å². The summed E-state index contributed by atoms with van der Waals surface area (Å²) < 4.78 is 0. The van der Waals surface area contributed by atoms with Gasteiger partial charge in [-0.3, -0.25) is 4.79 Å². The lowest BCUT2D eigenvalue weighted by Gasteiger charge is -2.29. The summed E-state index contributed by atoms with van der Waals surface area (Å²) in [6.45, 7) is 4.95. The molecule has 3 N–H and O–H groups in total. The maximum atomic E-state index is 11.4. The van der Waals surface area contributed by atoms with Crippen molar-refractivity contribution < 1.29 is 15.0 Å². The summed E-state index contributed by atoms with van der Waals surface area (Å²) in [5.74, 6) is 1.17. The van der Waals surface area contributed by atoms with Crippen LogP contribution in [-0.2, 0) is 4.79 Å². The van der Waals surface area contributed by atoms with E-state index in [0.29, 0.717) is 12.8 Å². The Labute approximate surface area is 115 Å². The highest BCUT2D eigenvalue weighted by atomic mass is 32.2. The first-order valence-corrected chi connectivity index (χ1v) is 7.95. The van der Waals surface area contributed by atoms with Crippen LogP contribution >= 0.6 is 11.8 Å². The maximum Gasteiger partial charge on any atom is 0.323 e. The van der Waals surface area contributed by atoms with Gasteiger partial charge >= 0.3 is 5.97 Å². The molecule has 1 unspecified atom stereocenters. The Morgan fingerprint density at radius 2 is 1.94 bits per heavy atom. The molecule has 18 heavy (non-hydrogen) atoms. The van der Waals surface area contributed by atoms with Gasteiger partial charge in [-0.25, -0.2) is 0 Å². The predicted molar refractivity (Wildman–Crippen MR) is 77.2 cm³/mol. The summed E-state index contributed by atoms with van der Waals surface area (Å²) >= 11 is 1.78. The second kappa shape index (κ2) is 10.6. The average molecular weight is 277 g/mol. The number of aliphatic hydroxyl groups is 1. The Hall–Kier alpha value is -0.260. The van der Waals surface area contributed by atoms with Crippen LogP contribution < -0.4 is 5.32 Å².